The Morgan fingerprint density at radius 2 is 1.96 bits per heavy atom. The Balaban J connectivity index is 1.95. The third-order valence-electron chi connectivity index (χ3n) is 5.02. The van der Waals surface area contributed by atoms with Gasteiger partial charge in [0.1, 0.15) is 12.3 Å². The van der Waals surface area contributed by atoms with E-state index in [1.54, 1.807) is 0 Å². The van der Waals surface area contributed by atoms with Gasteiger partial charge in [-0.3, -0.25) is 13.9 Å². The van der Waals surface area contributed by atoms with E-state index < -0.39 is 48.0 Å². The molecule has 1 aromatic rings. The van der Waals surface area contributed by atoms with Gasteiger partial charge in [0, 0.05) is 24.7 Å². The van der Waals surface area contributed by atoms with E-state index in [0.717, 1.165) is 4.57 Å². The van der Waals surface area contributed by atoms with Crippen molar-refractivity contribution in [1.82, 2.24) is 9.13 Å². The Hall–Kier alpha value is -1.56. The van der Waals surface area contributed by atoms with E-state index in [-0.39, 0.29) is 31.7 Å². The third kappa shape index (κ3) is 3.48. The Morgan fingerprint density at radius 1 is 1.23 bits per heavy atom. The SMILES string of the molecule is Cc1cn([C@H]2CC(O)[C@@H](CO)O2)c(=O)n(CC2C(O)CCOC2O)c1=O. The predicted octanol–water partition coefficient (Wildman–Crippen LogP) is -2.33. The van der Waals surface area contributed by atoms with Gasteiger partial charge in [0.25, 0.3) is 5.56 Å². The van der Waals surface area contributed by atoms with Gasteiger partial charge in [0.2, 0.25) is 0 Å². The highest BCUT2D eigenvalue weighted by Gasteiger charge is 2.37. The second-order valence-electron chi connectivity index (χ2n) is 6.81. The summed E-state index contributed by atoms with van der Waals surface area (Å²) in [6.07, 6.45) is -2.98. The van der Waals surface area contributed by atoms with Crippen LogP contribution in [-0.2, 0) is 16.0 Å². The molecule has 0 aromatic carbocycles. The number of aliphatic hydroxyl groups is 4. The standard InChI is InChI=1S/C16H24N2O8/c1-8-5-17(13-4-11(21)12(7-19)26-13)16(24)18(14(8)22)6-9-10(20)2-3-25-15(9)23/h5,9-13,15,19-21,23H,2-4,6-7H2,1H3/t9?,10?,11?,12-,13-,15?/m1/s1. The quantitative estimate of drug-likeness (QED) is 0.461. The summed E-state index contributed by atoms with van der Waals surface area (Å²) in [5.41, 5.74) is -0.939. The van der Waals surface area contributed by atoms with Crippen LogP contribution in [0.3, 0.4) is 0 Å². The fraction of sp³-hybridized carbons (Fsp3) is 0.750. The molecule has 0 saturated carbocycles. The Bertz CT molecular complexity index is 750. The molecule has 3 rings (SSSR count). The van der Waals surface area contributed by atoms with Crippen LogP contribution in [-0.4, -0.2) is 67.4 Å². The van der Waals surface area contributed by atoms with E-state index in [4.69, 9.17) is 9.47 Å². The van der Waals surface area contributed by atoms with Crippen molar-refractivity contribution >= 4 is 0 Å². The molecule has 10 heteroatoms. The summed E-state index contributed by atoms with van der Waals surface area (Å²) in [6, 6.07) is 0. The molecule has 6 atom stereocenters. The molecule has 0 aliphatic carbocycles. The molecule has 146 valence electrons. The molecule has 2 aliphatic rings. The van der Waals surface area contributed by atoms with Crippen molar-refractivity contribution in [2.75, 3.05) is 13.2 Å². The zero-order valence-corrected chi connectivity index (χ0v) is 14.4. The summed E-state index contributed by atoms with van der Waals surface area (Å²) in [4.78, 5) is 25.3. The average molecular weight is 372 g/mol. The molecule has 26 heavy (non-hydrogen) atoms. The smallest absolute Gasteiger partial charge is 0.333 e. The Kier molecular flexibility index (Phi) is 5.61. The van der Waals surface area contributed by atoms with E-state index in [0.29, 0.717) is 6.42 Å². The second-order valence-corrected chi connectivity index (χ2v) is 6.81. The van der Waals surface area contributed by atoms with E-state index in [1.807, 2.05) is 0 Å². The first kappa shape index (κ1) is 19.2. The molecule has 10 nitrogen and oxygen atoms in total. The summed E-state index contributed by atoms with van der Waals surface area (Å²) >= 11 is 0. The number of aryl methyl sites for hydroxylation is 1. The number of hydrogen-bond acceptors (Lipinski definition) is 8. The van der Waals surface area contributed by atoms with Crippen molar-refractivity contribution in [3.63, 3.8) is 0 Å². The van der Waals surface area contributed by atoms with Crippen molar-refractivity contribution in [3.8, 4) is 0 Å². The number of aliphatic hydroxyl groups excluding tert-OH is 4. The van der Waals surface area contributed by atoms with Gasteiger partial charge < -0.3 is 29.9 Å². The lowest BCUT2D eigenvalue weighted by atomic mass is 9.97. The van der Waals surface area contributed by atoms with E-state index >= 15 is 0 Å². The van der Waals surface area contributed by atoms with Gasteiger partial charge in [-0.2, -0.15) is 0 Å². The maximum Gasteiger partial charge on any atom is 0.333 e. The first-order chi connectivity index (χ1) is 12.3. The van der Waals surface area contributed by atoms with Crippen LogP contribution in [0.4, 0.5) is 0 Å². The summed E-state index contributed by atoms with van der Waals surface area (Å²) in [5.74, 6) is -0.815. The molecule has 0 amide bonds. The van der Waals surface area contributed by atoms with Crippen LogP contribution < -0.4 is 11.2 Å². The molecular formula is C16H24N2O8. The van der Waals surface area contributed by atoms with Crippen LogP contribution >= 0.6 is 0 Å². The van der Waals surface area contributed by atoms with Crippen molar-refractivity contribution in [3.05, 3.63) is 32.6 Å². The molecule has 3 heterocycles. The summed E-state index contributed by atoms with van der Waals surface area (Å²) < 4.78 is 12.7. The molecule has 1 aromatic heterocycles. The van der Waals surface area contributed by atoms with Gasteiger partial charge in [0.15, 0.2) is 6.29 Å². The minimum Gasteiger partial charge on any atom is -0.394 e. The molecule has 4 unspecified atom stereocenters. The monoisotopic (exact) mass is 372 g/mol. The maximum atomic E-state index is 12.8. The zero-order chi connectivity index (χ0) is 19.0. The topological polar surface area (TPSA) is 143 Å². The number of ether oxygens (including phenoxy) is 2. The summed E-state index contributed by atoms with van der Waals surface area (Å²) in [6.45, 7) is 1.14. The number of rotatable bonds is 4. The molecule has 0 spiro atoms. The molecule has 2 saturated heterocycles. The zero-order valence-electron chi connectivity index (χ0n) is 14.4. The Labute approximate surface area is 148 Å². The van der Waals surface area contributed by atoms with Crippen LogP contribution in [0.25, 0.3) is 0 Å². The normalized spacial score (nSPS) is 35.0. The molecular weight excluding hydrogens is 348 g/mol. The van der Waals surface area contributed by atoms with Crippen LogP contribution in [0.5, 0.6) is 0 Å². The summed E-state index contributed by atoms with van der Waals surface area (Å²) in [7, 11) is 0. The molecule has 0 bridgehead atoms. The van der Waals surface area contributed by atoms with Crippen LogP contribution in [0.15, 0.2) is 15.8 Å². The van der Waals surface area contributed by atoms with Crippen LogP contribution in [0.1, 0.15) is 24.6 Å². The summed E-state index contributed by atoms with van der Waals surface area (Å²) in [5, 5.41) is 39.1. The lowest BCUT2D eigenvalue weighted by molar-refractivity contribution is -0.196. The Morgan fingerprint density at radius 3 is 2.58 bits per heavy atom. The fourth-order valence-corrected chi connectivity index (χ4v) is 3.44. The largest absolute Gasteiger partial charge is 0.394 e. The highest BCUT2D eigenvalue weighted by molar-refractivity contribution is 5.04. The third-order valence-corrected chi connectivity index (χ3v) is 5.02. The number of nitrogens with zero attached hydrogens (tertiary/aromatic N) is 2. The average Bonchev–Trinajstić information content (AvgIpc) is 2.97. The van der Waals surface area contributed by atoms with Gasteiger partial charge >= 0.3 is 5.69 Å². The predicted molar refractivity (Wildman–Crippen MR) is 87.4 cm³/mol. The van der Waals surface area contributed by atoms with E-state index in [2.05, 4.69) is 0 Å². The first-order valence-electron chi connectivity index (χ1n) is 8.58. The van der Waals surface area contributed by atoms with Gasteiger partial charge in [-0.15, -0.1) is 0 Å². The highest BCUT2D eigenvalue weighted by Crippen LogP contribution is 2.27. The van der Waals surface area contributed by atoms with Crippen LogP contribution in [0, 0.1) is 12.8 Å². The number of aromatic nitrogens is 2. The highest BCUT2D eigenvalue weighted by atomic mass is 16.6. The minimum atomic E-state index is -1.28. The number of hydrogen-bond donors (Lipinski definition) is 4. The lowest BCUT2D eigenvalue weighted by Gasteiger charge is -2.32. The second kappa shape index (κ2) is 7.59. The molecule has 0 radical (unpaired) electrons. The van der Waals surface area contributed by atoms with Crippen molar-refractivity contribution in [1.29, 1.82) is 0 Å². The van der Waals surface area contributed by atoms with E-state index in [9.17, 15) is 30.0 Å². The van der Waals surface area contributed by atoms with Gasteiger partial charge in [-0.25, -0.2) is 4.79 Å². The van der Waals surface area contributed by atoms with E-state index in [1.165, 1.54) is 17.7 Å². The maximum absolute atomic E-state index is 12.8. The lowest BCUT2D eigenvalue weighted by Crippen LogP contribution is -2.49. The molecule has 2 fully saturated rings. The van der Waals surface area contributed by atoms with Gasteiger partial charge in [-0.1, -0.05) is 0 Å². The van der Waals surface area contributed by atoms with Crippen molar-refractivity contribution < 1.29 is 29.9 Å². The van der Waals surface area contributed by atoms with Gasteiger partial charge in [-0.05, 0) is 13.3 Å². The molecule has 4 N–H and O–H groups in total. The van der Waals surface area contributed by atoms with Crippen LogP contribution in [0.2, 0.25) is 0 Å². The fourth-order valence-electron chi connectivity index (χ4n) is 3.44. The first-order valence-corrected chi connectivity index (χ1v) is 8.58. The van der Waals surface area contributed by atoms with Gasteiger partial charge in [0.05, 0.1) is 31.3 Å². The molecule has 2 aliphatic heterocycles. The van der Waals surface area contributed by atoms with Crippen molar-refractivity contribution in [2.24, 2.45) is 5.92 Å². The van der Waals surface area contributed by atoms with Crippen molar-refractivity contribution in [2.45, 2.75) is 57.1 Å². The minimum absolute atomic E-state index is 0.0978.